The third-order valence-corrected chi connectivity index (χ3v) is 3.37. The number of aromatic nitrogens is 2. The fourth-order valence-corrected chi connectivity index (χ4v) is 2.48. The summed E-state index contributed by atoms with van der Waals surface area (Å²) in [5, 5.41) is 12.6. The van der Waals surface area contributed by atoms with E-state index in [1.54, 1.807) is 6.33 Å². The first-order valence-corrected chi connectivity index (χ1v) is 6.15. The number of nitrogens with one attached hydrogen (secondary N) is 1. The first-order valence-electron chi connectivity index (χ1n) is 6.15. The van der Waals surface area contributed by atoms with Gasteiger partial charge in [0.15, 0.2) is 0 Å². The van der Waals surface area contributed by atoms with Crippen LogP contribution in [0.4, 0.5) is 0 Å². The lowest BCUT2D eigenvalue weighted by molar-refractivity contribution is 0.615. The Morgan fingerprint density at radius 1 is 1.39 bits per heavy atom. The van der Waals surface area contributed by atoms with Crippen LogP contribution < -0.4 is 5.32 Å². The van der Waals surface area contributed by atoms with Crippen molar-refractivity contribution in [2.24, 2.45) is 0 Å². The van der Waals surface area contributed by atoms with Gasteiger partial charge in [-0.15, -0.1) is 0 Å². The molecule has 4 nitrogen and oxygen atoms in total. The topological polar surface area (TPSA) is 53.6 Å². The average Bonchev–Trinajstić information content (AvgIpc) is 3.09. The Kier molecular flexibility index (Phi) is 2.83. The number of nitrogens with zero attached hydrogens (tertiary/aromatic N) is 3. The van der Waals surface area contributed by atoms with E-state index in [-0.39, 0.29) is 0 Å². The smallest absolute Gasteiger partial charge is 0.101 e. The van der Waals surface area contributed by atoms with E-state index in [1.165, 1.54) is 6.42 Å². The van der Waals surface area contributed by atoms with E-state index in [1.807, 2.05) is 35.0 Å². The molecule has 0 aliphatic carbocycles. The highest BCUT2D eigenvalue weighted by molar-refractivity contribution is 5.49. The molecule has 1 aliphatic heterocycles. The lowest BCUT2D eigenvalue weighted by Gasteiger charge is -2.14. The van der Waals surface area contributed by atoms with Gasteiger partial charge in [0.2, 0.25) is 0 Å². The van der Waals surface area contributed by atoms with Crippen LogP contribution in [0.3, 0.4) is 0 Å². The predicted molar refractivity (Wildman–Crippen MR) is 68.3 cm³/mol. The summed E-state index contributed by atoms with van der Waals surface area (Å²) in [6.07, 6.45) is 5.98. The molecule has 0 radical (unpaired) electrons. The molecule has 3 rings (SSSR count). The molecular weight excluding hydrogens is 224 g/mol. The summed E-state index contributed by atoms with van der Waals surface area (Å²) in [7, 11) is 0. The van der Waals surface area contributed by atoms with Gasteiger partial charge in [0.25, 0.3) is 0 Å². The number of imidazole rings is 1. The van der Waals surface area contributed by atoms with Crippen LogP contribution in [-0.2, 0) is 0 Å². The van der Waals surface area contributed by atoms with Crippen LogP contribution in [-0.4, -0.2) is 16.1 Å². The minimum atomic E-state index is 0.347. The summed E-state index contributed by atoms with van der Waals surface area (Å²) in [6.45, 7) is 1.05. The van der Waals surface area contributed by atoms with Crippen molar-refractivity contribution in [3.8, 4) is 11.8 Å². The highest BCUT2D eigenvalue weighted by Crippen LogP contribution is 2.26. The zero-order chi connectivity index (χ0) is 12.4. The molecule has 0 unspecified atom stereocenters. The van der Waals surface area contributed by atoms with Crippen molar-refractivity contribution in [3.05, 3.63) is 48.0 Å². The average molecular weight is 238 g/mol. The van der Waals surface area contributed by atoms with Crippen molar-refractivity contribution in [2.45, 2.75) is 18.9 Å². The zero-order valence-electron chi connectivity index (χ0n) is 10.0. The standard InChI is InChI=1S/C14H14N4/c15-8-11-4-1-2-6-13(11)18-10-16-9-14(18)12-5-3-7-17-12/h1-2,4,6,9-10,12,17H,3,5,7H2/t12-/m0/s1. The lowest BCUT2D eigenvalue weighted by Crippen LogP contribution is -2.16. The fourth-order valence-electron chi connectivity index (χ4n) is 2.48. The minimum Gasteiger partial charge on any atom is -0.309 e. The van der Waals surface area contributed by atoms with Crippen LogP contribution in [0.15, 0.2) is 36.8 Å². The molecular formula is C14H14N4. The second-order valence-electron chi connectivity index (χ2n) is 4.47. The van der Waals surface area contributed by atoms with Gasteiger partial charge in [0, 0.05) is 6.04 Å². The molecule has 2 heterocycles. The molecule has 0 amide bonds. The zero-order valence-corrected chi connectivity index (χ0v) is 10.0. The number of para-hydroxylation sites is 1. The highest BCUT2D eigenvalue weighted by Gasteiger charge is 2.20. The second kappa shape index (κ2) is 4.63. The maximum absolute atomic E-state index is 9.17. The van der Waals surface area contributed by atoms with Crippen LogP contribution in [0.2, 0.25) is 0 Å². The molecule has 1 aromatic carbocycles. The van der Waals surface area contributed by atoms with E-state index >= 15 is 0 Å². The highest BCUT2D eigenvalue weighted by atomic mass is 15.1. The van der Waals surface area contributed by atoms with Crippen molar-refractivity contribution in [2.75, 3.05) is 6.54 Å². The van der Waals surface area contributed by atoms with Gasteiger partial charge >= 0.3 is 0 Å². The van der Waals surface area contributed by atoms with Gasteiger partial charge in [-0.1, -0.05) is 12.1 Å². The Hall–Kier alpha value is -2.12. The van der Waals surface area contributed by atoms with E-state index in [0.717, 1.165) is 24.3 Å². The van der Waals surface area contributed by atoms with Crippen LogP contribution >= 0.6 is 0 Å². The first kappa shape index (κ1) is 11.0. The maximum atomic E-state index is 9.17. The number of rotatable bonds is 2. The predicted octanol–water partition coefficient (Wildman–Crippen LogP) is 2.17. The summed E-state index contributed by atoms with van der Waals surface area (Å²) < 4.78 is 2.02. The fraction of sp³-hybridized carbons (Fsp3) is 0.286. The molecule has 1 saturated heterocycles. The minimum absolute atomic E-state index is 0.347. The van der Waals surface area contributed by atoms with Crippen LogP contribution in [0.5, 0.6) is 0 Å². The Morgan fingerprint density at radius 3 is 3.06 bits per heavy atom. The summed E-state index contributed by atoms with van der Waals surface area (Å²) in [5.74, 6) is 0. The Balaban J connectivity index is 2.07. The number of hydrogen-bond acceptors (Lipinski definition) is 3. The molecule has 1 N–H and O–H groups in total. The van der Waals surface area contributed by atoms with Crippen molar-refractivity contribution in [1.29, 1.82) is 5.26 Å². The molecule has 90 valence electrons. The molecule has 1 aromatic heterocycles. The monoisotopic (exact) mass is 238 g/mol. The lowest BCUT2D eigenvalue weighted by atomic mass is 10.1. The quantitative estimate of drug-likeness (QED) is 0.872. The van der Waals surface area contributed by atoms with E-state index in [9.17, 15) is 5.26 Å². The Labute approximate surface area is 106 Å². The largest absolute Gasteiger partial charge is 0.309 e. The van der Waals surface area contributed by atoms with Crippen LogP contribution in [0, 0.1) is 11.3 Å². The number of hydrogen-bond donors (Lipinski definition) is 1. The summed E-state index contributed by atoms with van der Waals surface area (Å²) in [5.41, 5.74) is 2.71. The summed E-state index contributed by atoms with van der Waals surface area (Å²) in [4.78, 5) is 4.23. The normalized spacial score (nSPS) is 18.7. The van der Waals surface area contributed by atoms with Gasteiger partial charge in [-0.05, 0) is 31.5 Å². The van der Waals surface area contributed by atoms with E-state index in [0.29, 0.717) is 11.6 Å². The van der Waals surface area contributed by atoms with Crippen LogP contribution in [0.25, 0.3) is 5.69 Å². The van der Waals surface area contributed by atoms with E-state index in [2.05, 4.69) is 16.4 Å². The third kappa shape index (κ3) is 1.79. The number of benzene rings is 1. The van der Waals surface area contributed by atoms with Crippen LogP contribution in [0.1, 0.15) is 30.1 Å². The Morgan fingerprint density at radius 2 is 2.28 bits per heavy atom. The van der Waals surface area contributed by atoms with Gasteiger partial charge in [-0.3, -0.25) is 0 Å². The molecule has 0 bridgehead atoms. The molecule has 1 aliphatic rings. The van der Waals surface area contributed by atoms with Crippen molar-refractivity contribution in [1.82, 2.24) is 14.9 Å². The van der Waals surface area contributed by atoms with Crippen molar-refractivity contribution in [3.63, 3.8) is 0 Å². The molecule has 1 fully saturated rings. The SMILES string of the molecule is N#Cc1ccccc1-n1cncc1[C@@H]1CCCN1. The molecule has 0 saturated carbocycles. The number of nitriles is 1. The van der Waals surface area contributed by atoms with Gasteiger partial charge in [-0.25, -0.2) is 4.98 Å². The molecule has 1 atom stereocenters. The maximum Gasteiger partial charge on any atom is 0.101 e. The van der Waals surface area contributed by atoms with Crippen molar-refractivity contribution >= 4 is 0 Å². The molecule has 18 heavy (non-hydrogen) atoms. The molecule has 4 heteroatoms. The summed E-state index contributed by atoms with van der Waals surface area (Å²) in [6, 6.07) is 10.2. The first-order chi connectivity index (χ1) is 8.90. The third-order valence-electron chi connectivity index (χ3n) is 3.37. The van der Waals surface area contributed by atoms with E-state index in [4.69, 9.17) is 0 Å². The van der Waals surface area contributed by atoms with Crippen molar-refractivity contribution < 1.29 is 0 Å². The van der Waals surface area contributed by atoms with E-state index < -0.39 is 0 Å². The van der Waals surface area contributed by atoms with Gasteiger partial charge in [0.05, 0.1) is 29.5 Å². The van der Waals surface area contributed by atoms with Gasteiger partial charge in [-0.2, -0.15) is 5.26 Å². The molecule has 0 spiro atoms. The second-order valence-corrected chi connectivity index (χ2v) is 4.47. The molecule has 2 aromatic rings. The summed E-state index contributed by atoms with van der Waals surface area (Å²) >= 11 is 0. The van der Waals surface area contributed by atoms with Gasteiger partial charge in [0.1, 0.15) is 6.07 Å². The Bertz CT molecular complexity index is 588. The van der Waals surface area contributed by atoms with Gasteiger partial charge < -0.3 is 9.88 Å².